The number of esters is 2. The van der Waals surface area contributed by atoms with Crippen LogP contribution in [-0.4, -0.2) is 74.9 Å². The van der Waals surface area contributed by atoms with Gasteiger partial charge in [-0.1, -0.05) is 366 Å². The summed E-state index contributed by atoms with van der Waals surface area (Å²) in [5, 5.41) is 0. The van der Waals surface area contributed by atoms with E-state index in [2.05, 4.69) is 26.0 Å². The lowest BCUT2D eigenvalue weighted by atomic mass is 10.0. The number of unbranched alkanes of at least 4 members (excludes halogenated alkanes) is 56. The first kappa shape index (κ1) is 83.8. The number of carbonyl (C=O) groups excluding carboxylic acids is 2. The van der Waals surface area contributed by atoms with E-state index in [1.54, 1.807) is 0 Å². The molecule has 0 aliphatic carbocycles. The maximum Gasteiger partial charge on any atom is 0.472 e. The Hall–Kier alpha value is -1.25. The van der Waals surface area contributed by atoms with Crippen molar-refractivity contribution in [3.63, 3.8) is 0 Å². The van der Waals surface area contributed by atoms with Crippen LogP contribution in [0.25, 0.3) is 0 Å². The van der Waals surface area contributed by atoms with Crippen LogP contribution in [0.5, 0.6) is 0 Å². The molecule has 0 aromatic rings. The lowest BCUT2D eigenvalue weighted by Gasteiger charge is -2.24. The Morgan fingerprint density at radius 3 is 0.871 bits per heavy atom. The summed E-state index contributed by atoms with van der Waals surface area (Å²) in [4.78, 5) is 35.9. The molecule has 0 radical (unpaired) electrons. The van der Waals surface area contributed by atoms with E-state index in [0.717, 1.165) is 32.1 Å². The lowest BCUT2D eigenvalue weighted by molar-refractivity contribution is -0.870. The Kier molecular flexibility index (Phi) is 66.2. The minimum Gasteiger partial charge on any atom is -0.462 e. The zero-order valence-electron chi connectivity index (χ0n) is 57.9. The molecule has 9 nitrogen and oxygen atoms in total. The molecule has 0 aliphatic heterocycles. The van der Waals surface area contributed by atoms with Gasteiger partial charge >= 0.3 is 19.8 Å². The first-order valence-electron chi connectivity index (χ1n) is 37.9. The quantitative estimate of drug-likeness (QED) is 0.0211. The number of phosphoric ester groups is 1. The number of quaternary nitrogens is 1. The van der Waals surface area contributed by atoms with Gasteiger partial charge in [0.2, 0.25) is 0 Å². The Morgan fingerprint density at radius 2 is 0.600 bits per heavy atom. The highest BCUT2D eigenvalue weighted by atomic mass is 31.2. The summed E-state index contributed by atoms with van der Waals surface area (Å²) >= 11 is 0. The molecule has 2 atom stereocenters. The predicted molar refractivity (Wildman–Crippen MR) is 368 cm³/mol. The van der Waals surface area contributed by atoms with Crippen LogP contribution in [0, 0.1) is 0 Å². The van der Waals surface area contributed by atoms with E-state index in [1.165, 1.54) is 340 Å². The topological polar surface area (TPSA) is 108 Å². The summed E-state index contributed by atoms with van der Waals surface area (Å²) in [5.41, 5.74) is 0. The van der Waals surface area contributed by atoms with Crippen molar-refractivity contribution in [2.24, 2.45) is 0 Å². The summed E-state index contributed by atoms with van der Waals surface area (Å²) in [6, 6.07) is 0. The molecule has 85 heavy (non-hydrogen) atoms. The van der Waals surface area contributed by atoms with Crippen molar-refractivity contribution in [2.75, 3.05) is 47.5 Å². The molecule has 0 aliphatic rings. The molecule has 0 saturated heterocycles. The van der Waals surface area contributed by atoms with Crippen LogP contribution in [-0.2, 0) is 32.7 Å². The molecule has 0 spiro atoms. The highest BCUT2D eigenvalue weighted by molar-refractivity contribution is 7.47. The average molecular weight is 1220 g/mol. The molecular weight excluding hydrogens is 1070 g/mol. The van der Waals surface area contributed by atoms with Gasteiger partial charge in [-0.05, 0) is 38.5 Å². The number of likely N-dealkylation sites (N-methyl/N-ethyl adjacent to an activating group) is 1. The van der Waals surface area contributed by atoms with Crippen molar-refractivity contribution in [3.05, 3.63) is 12.2 Å². The van der Waals surface area contributed by atoms with Crippen LogP contribution in [0.4, 0.5) is 0 Å². The van der Waals surface area contributed by atoms with Crippen LogP contribution < -0.4 is 0 Å². The van der Waals surface area contributed by atoms with Gasteiger partial charge in [-0.25, -0.2) is 4.57 Å². The van der Waals surface area contributed by atoms with Crippen LogP contribution >= 0.6 is 7.82 Å². The summed E-state index contributed by atoms with van der Waals surface area (Å²) in [5.74, 6) is -0.773. The minimum atomic E-state index is -4.39. The molecule has 0 aromatic carbocycles. The van der Waals surface area contributed by atoms with Crippen LogP contribution in [0.15, 0.2) is 12.2 Å². The second-order valence-corrected chi connectivity index (χ2v) is 28.9. The standard InChI is InChI=1S/C75H148NO8P/c1-6-8-10-12-14-16-18-20-22-24-26-28-30-31-32-33-34-35-36-37-38-39-40-41-42-43-44-46-47-49-51-53-55-57-59-61-63-65-67-74(77)81-71-73(72-83-85(79,80)82-70-69-76(3,4)5)84-75(78)68-66-64-62-60-58-56-54-52-50-48-45-29-27-25-23-21-19-17-15-13-11-9-7-2/h25,27,73H,6-24,26,28-72H2,1-5H3/p+1/b27-25-. The number of carbonyl (C=O) groups is 2. The van der Waals surface area contributed by atoms with E-state index < -0.39 is 26.5 Å². The van der Waals surface area contributed by atoms with Gasteiger partial charge in [0.05, 0.1) is 27.7 Å². The Morgan fingerprint density at radius 1 is 0.353 bits per heavy atom. The first-order valence-corrected chi connectivity index (χ1v) is 39.4. The van der Waals surface area contributed by atoms with Gasteiger partial charge < -0.3 is 18.9 Å². The normalized spacial score (nSPS) is 13.1. The van der Waals surface area contributed by atoms with Gasteiger partial charge in [0.25, 0.3) is 0 Å². The number of phosphoric acid groups is 1. The number of nitrogens with zero attached hydrogens (tertiary/aromatic N) is 1. The number of ether oxygens (including phenoxy) is 2. The average Bonchev–Trinajstić information content (AvgIpc) is 3.50. The number of allylic oxidation sites excluding steroid dienone is 2. The minimum absolute atomic E-state index is 0.0358. The van der Waals surface area contributed by atoms with E-state index in [9.17, 15) is 19.0 Å². The second kappa shape index (κ2) is 67.2. The third-order valence-electron chi connectivity index (χ3n) is 17.5. The lowest BCUT2D eigenvalue weighted by Crippen LogP contribution is -2.37. The van der Waals surface area contributed by atoms with Crippen molar-refractivity contribution >= 4 is 19.8 Å². The van der Waals surface area contributed by atoms with Crippen molar-refractivity contribution in [1.82, 2.24) is 0 Å². The van der Waals surface area contributed by atoms with Crippen molar-refractivity contribution < 1.29 is 42.1 Å². The van der Waals surface area contributed by atoms with Crippen molar-refractivity contribution in [2.45, 2.75) is 412 Å². The number of hydrogen-bond acceptors (Lipinski definition) is 7. The summed E-state index contributed by atoms with van der Waals surface area (Å²) in [7, 11) is 1.50. The molecule has 506 valence electrons. The number of hydrogen-bond donors (Lipinski definition) is 1. The van der Waals surface area contributed by atoms with Crippen molar-refractivity contribution in [1.29, 1.82) is 0 Å². The first-order chi connectivity index (χ1) is 41.5. The zero-order chi connectivity index (χ0) is 61.9. The third-order valence-corrected chi connectivity index (χ3v) is 18.5. The van der Waals surface area contributed by atoms with Crippen molar-refractivity contribution in [3.8, 4) is 0 Å². The summed E-state index contributed by atoms with van der Waals surface area (Å²) in [6.45, 7) is 4.52. The number of rotatable bonds is 72. The van der Waals surface area contributed by atoms with Gasteiger partial charge in [0.15, 0.2) is 6.10 Å². The second-order valence-electron chi connectivity index (χ2n) is 27.4. The van der Waals surface area contributed by atoms with E-state index >= 15 is 0 Å². The summed E-state index contributed by atoms with van der Waals surface area (Å²) in [6.07, 6.45) is 83.6. The zero-order valence-corrected chi connectivity index (χ0v) is 58.8. The smallest absolute Gasteiger partial charge is 0.462 e. The van der Waals surface area contributed by atoms with Crippen LogP contribution in [0.2, 0.25) is 0 Å². The van der Waals surface area contributed by atoms with E-state index in [4.69, 9.17) is 18.5 Å². The molecule has 0 amide bonds. The molecule has 0 fully saturated rings. The van der Waals surface area contributed by atoms with Gasteiger partial charge in [0.1, 0.15) is 19.8 Å². The fraction of sp³-hybridized carbons (Fsp3) is 0.947. The molecule has 0 heterocycles. The molecule has 0 saturated carbocycles. The third kappa shape index (κ3) is 71.7. The SMILES string of the molecule is CCCCCCCCCC/C=C\CCCCCCCCCCCCCC(=O)OC(COC(=O)CCCCCCCCCCCCCCCCCCCCCCCCCCCCCCCCCCCCCCCC)COP(=O)(O)OCC[N+](C)(C)C. The van der Waals surface area contributed by atoms with Crippen LogP contribution in [0.3, 0.4) is 0 Å². The molecule has 0 aromatic heterocycles. The monoisotopic (exact) mass is 1220 g/mol. The van der Waals surface area contributed by atoms with Crippen LogP contribution in [0.1, 0.15) is 406 Å². The van der Waals surface area contributed by atoms with E-state index in [0.29, 0.717) is 23.9 Å². The fourth-order valence-corrected chi connectivity index (χ4v) is 12.5. The Bertz CT molecular complexity index is 1440. The molecule has 10 heteroatoms. The molecular formula is C75H149NO8P+. The summed E-state index contributed by atoms with van der Waals surface area (Å²) < 4.78 is 34.8. The molecule has 1 N–H and O–H groups in total. The fourth-order valence-electron chi connectivity index (χ4n) is 11.7. The Balaban J connectivity index is 3.88. The van der Waals surface area contributed by atoms with E-state index in [-0.39, 0.29) is 25.6 Å². The van der Waals surface area contributed by atoms with Gasteiger partial charge in [-0.15, -0.1) is 0 Å². The molecule has 2 unspecified atom stereocenters. The Labute approximate surface area is 530 Å². The predicted octanol–water partition coefficient (Wildman–Crippen LogP) is 24.7. The van der Waals surface area contributed by atoms with Gasteiger partial charge in [0, 0.05) is 12.8 Å². The maximum atomic E-state index is 12.9. The molecule has 0 bridgehead atoms. The van der Waals surface area contributed by atoms with Gasteiger partial charge in [-0.2, -0.15) is 0 Å². The largest absolute Gasteiger partial charge is 0.472 e. The highest BCUT2D eigenvalue weighted by Gasteiger charge is 2.27. The maximum absolute atomic E-state index is 12.9. The highest BCUT2D eigenvalue weighted by Crippen LogP contribution is 2.43. The van der Waals surface area contributed by atoms with E-state index in [1.807, 2.05) is 21.1 Å². The van der Waals surface area contributed by atoms with Gasteiger partial charge in [-0.3, -0.25) is 18.6 Å². The molecule has 0 rings (SSSR count).